The van der Waals surface area contributed by atoms with E-state index in [0.29, 0.717) is 5.56 Å². The summed E-state index contributed by atoms with van der Waals surface area (Å²) in [5.74, 6) is 0.235. The van der Waals surface area contributed by atoms with Crippen LogP contribution in [0.3, 0.4) is 0 Å². The largest absolute Gasteiger partial charge is 0.497 e. The maximum absolute atomic E-state index is 15.1. The van der Waals surface area contributed by atoms with Crippen molar-refractivity contribution in [3.05, 3.63) is 59.0 Å². The van der Waals surface area contributed by atoms with Gasteiger partial charge < -0.3 is 15.0 Å². The Bertz CT molecular complexity index is 1230. The zero-order chi connectivity index (χ0) is 21.0. The maximum Gasteiger partial charge on any atom is 0.240 e. The van der Waals surface area contributed by atoms with E-state index in [0.717, 1.165) is 53.2 Å². The van der Waals surface area contributed by atoms with Gasteiger partial charge in [0, 0.05) is 34.2 Å². The predicted molar refractivity (Wildman–Crippen MR) is 113 cm³/mol. The number of ether oxygens (including phenoxy) is 1. The van der Waals surface area contributed by atoms with Crippen LogP contribution in [0.15, 0.2) is 41.3 Å². The molecule has 0 radical (unpaired) electrons. The second-order valence-electron chi connectivity index (χ2n) is 8.21. The molecular weight excluding hydrogens is 405 g/mol. The lowest BCUT2D eigenvalue weighted by Gasteiger charge is -2.30. The average molecular weight is 430 g/mol. The molecule has 1 aliphatic heterocycles. The van der Waals surface area contributed by atoms with Crippen LogP contribution in [0.2, 0.25) is 0 Å². The van der Waals surface area contributed by atoms with Crippen molar-refractivity contribution in [3.63, 3.8) is 0 Å². The molecule has 2 aliphatic rings. The minimum Gasteiger partial charge on any atom is -0.497 e. The van der Waals surface area contributed by atoms with E-state index in [4.69, 9.17) is 4.74 Å². The Morgan fingerprint density at radius 1 is 1.17 bits per heavy atom. The summed E-state index contributed by atoms with van der Waals surface area (Å²) in [6, 6.07) is 9.74. The summed E-state index contributed by atoms with van der Waals surface area (Å²) in [7, 11) is -2.06. The molecule has 2 aromatic carbocycles. The molecular formula is C22H24FN3O3S. The molecule has 30 heavy (non-hydrogen) atoms. The number of sulfonamides is 1. The molecule has 0 spiro atoms. The first-order valence-electron chi connectivity index (χ1n) is 10.1. The number of benzene rings is 2. The molecule has 2 atom stereocenters. The standard InChI is InChI=1S/C22H24FN3O3S/c1-12-9-18-17-10-14(29-2)5-8-20(17)25-22(18)21(24-12)16-7-6-15(11-19(16)23)30(27,28)26-13-3-4-13/h5-8,10-13,21,24-26H,3-4,9H2,1-2H3/t12-,21?/m0/s1. The van der Waals surface area contributed by atoms with Crippen LogP contribution in [-0.2, 0) is 16.4 Å². The van der Waals surface area contributed by atoms with Gasteiger partial charge in [0.05, 0.1) is 18.0 Å². The lowest BCUT2D eigenvalue weighted by atomic mass is 9.90. The molecule has 1 aliphatic carbocycles. The van der Waals surface area contributed by atoms with Crippen LogP contribution in [0.25, 0.3) is 10.9 Å². The molecule has 6 nitrogen and oxygen atoms in total. The third-order valence-corrected chi connectivity index (χ3v) is 7.41. The summed E-state index contributed by atoms with van der Waals surface area (Å²) in [4.78, 5) is 3.39. The van der Waals surface area contributed by atoms with Gasteiger partial charge in [0.15, 0.2) is 0 Å². The molecule has 1 aromatic heterocycles. The minimum atomic E-state index is -3.70. The second-order valence-corrected chi connectivity index (χ2v) is 9.93. The number of halogens is 1. The number of hydrogen-bond acceptors (Lipinski definition) is 4. The van der Waals surface area contributed by atoms with Crippen molar-refractivity contribution in [2.45, 2.75) is 49.2 Å². The van der Waals surface area contributed by atoms with Gasteiger partial charge in [0.25, 0.3) is 0 Å². The quantitative estimate of drug-likeness (QED) is 0.581. The molecule has 3 aromatic rings. The third-order valence-electron chi connectivity index (χ3n) is 5.89. The molecule has 1 unspecified atom stereocenters. The summed E-state index contributed by atoms with van der Waals surface area (Å²) in [5, 5.41) is 4.52. The summed E-state index contributed by atoms with van der Waals surface area (Å²) in [5.41, 5.74) is 3.43. The molecule has 0 bridgehead atoms. The highest BCUT2D eigenvalue weighted by atomic mass is 32.2. The molecule has 1 saturated carbocycles. The van der Waals surface area contributed by atoms with Crippen molar-refractivity contribution >= 4 is 20.9 Å². The topological polar surface area (TPSA) is 83.2 Å². The Morgan fingerprint density at radius 2 is 1.97 bits per heavy atom. The van der Waals surface area contributed by atoms with Gasteiger partial charge in [-0.1, -0.05) is 6.07 Å². The smallest absolute Gasteiger partial charge is 0.240 e. The van der Waals surface area contributed by atoms with Gasteiger partial charge in [0.1, 0.15) is 11.6 Å². The average Bonchev–Trinajstić information content (AvgIpc) is 3.44. The molecule has 8 heteroatoms. The van der Waals surface area contributed by atoms with Crippen LogP contribution < -0.4 is 14.8 Å². The number of aromatic amines is 1. The SMILES string of the molecule is COc1ccc2[nH]c3c(c2c1)C[C@H](C)NC3c1ccc(S(=O)(=O)NC2CC2)cc1F. The third kappa shape index (κ3) is 3.38. The van der Waals surface area contributed by atoms with Crippen LogP contribution >= 0.6 is 0 Å². The van der Waals surface area contributed by atoms with Gasteiger partial charge in [-0.05, 0) is 62.1 Å². The Kier molecular flexibility index (Phi) is 4.61. The fourth-order valence-corrected chi connectivity index (χ4v) is 5.53. The molecule has 0 saturated heterocycles. The Morgan fingerprint density at radius 3 is 2.67 bits per heavy atom. The van der Waals surface area contributed by atoms with Crippen molar-refractivity contribution < 1.29 is 17.5 Å². The first kappa shape index (κ1) is 19.5. The second kappa shape index (κ2) is 7.08. The summed E-state index contributed by atoms with van der Waals surface area (Å²) in [6.45, 7) is 2.06. The van der Waals surface area contributed by atoms with Crippen LogP contribution in [0.5, 0.6) is 5.75 Å². The lowest BCUT2D eigenvalue weighted by Crippen LogP contribution is -2.38. The van der Waals surface area contributed by atoms with Crippen molar-refractivity contribution in [2.24, 2.45) is 0 Å². The van der Waals surface area contributed by atoms with Crippen molar-refractivity contribution in [3.8, 4) is 5.75 Å². The van der Waals surface area contributed by atoms with Gasteiger partial charge in [-0.25, -0.2) is 17.5 Å². The number of rotatable bonds is 5. The highest BCUT2D eigenvalue weighted by molar-refractivity contribution is 7.89. The Labute approximate surface area is 174 Å². The van der Waals surface area contributed by atoms with Gasteiger partial charge in [-0.15, -0.1) is 0 Å². The molecule has 5 rings (SSSR count). The fraction of sp³-hybridized carbons (Fsp3) is 0.364. The Balaban J connectivity index is 1.56. The monoisotopic (exact) mass is 429 g/mol. The van der Waals surface area contributed by atoms with E-state index in [1.807, 2.05) is 18.2 Å². The van der Waals surface area contributed by atoms with Gasteiger partial charge >= 0.3 is 0 Å². The van der Waals surface area contributed by atoms with E-state index in [2.05, 4.69) is 21.9 Å². The summed E-state index contributed by atoms with van der Waals surface area (Å²) < 4.78 is 48.0. The summed E-state index contributed by atoms with van der Waals surface area (Å²) in [6.07, 6.45) is 2.47. The van der Waals surface area contributed by atoms with Gasteiger partial charge in [-0.3, -0.25) is 0 Å². The van der Waals surface area contributed by atoms with Crippen LogP contribution in [0.1, 0.15) is 42.6 Å². The zero-order valence-electron chi connectivity index (χ0n) is 16.8. The maximum atomic E-state index is 15.1. The number of H-pyrrole nitrogens is 1. The molecule has 0 amide bonds. The number of nitrogens with one attached hydrogen (secondary N) is 3. The Hall–Kier alpha value is -2.42. The zero-order valence-corrected chi connectivity index (χ0v) is 17.6. The number of methoxy groups -OCH3 is 1. The van der Waals surface area contributed by atoms with Crippen molar-refractivity contribution in [1.82, 2.24) is 15.0 Å². The fourth-order valence-electron chi connectivity index (χ4n) is 4.22. The summed E-state index contributed by atoms with van der Waals surface area (Å²) >= 11 is 0. The predicted octanol–water partition coefficient (Wildman–Crippen LogP) is 3.38. The van der Waals surface area contributed by atoms with Crippen LogP contribution in [-0.4, -0.2) is 32.6 Å². The van der Waals surface area contributed by atoms with Crippen molar-refractivity contribution in [1.29, 1.82) is 0 Å². The van der Waals surface area contributed by atoms with Gasteiger partial charge in [0.2, 0.25) is 10.0 Å². The molecule has 158 valence electrons. The van der Waals surface area contributed by atoms with E-state index < -0.39 is 21.9 Å². The number of fused-ring (bicyclic) bond motifs is 3. The first-order valence-corrected chi connectivity index (χ1v) is 11.6. The van der Waals surface area contributed by atoms with E-state index in [-0.39, 0.29) is 17.0 Å². The minimum absolute atomic E-state index is 0.0236. The first-order chi connectivity index (χ1) is 14.4. The van der Waals surface area contributed by atoms with E-state index in [1.54, 1.807) is 13.2 Å². The number of aromatic nitrogens is 1. The normalized spacial score (nSPS) is 21.6. The number of hydrogen-bond donors (Lipinski definition) is 3. The molecule has 3 N–H and O–H groups in total. The highest BCUT2D eigenvalue weighted by Gasteiger charge is 2.32. The van der Waals surface area contributed by atoms with Gasteiger partial charge in [-0.2, -0.15) is 0 Å². The lowest BCUT2D eigenvalue weighted by molar-refractivity contribution is 0.415. The highest BCUT2D eigenvalue weighted by Crippen LogP contribution is 2.37. The van der Waals surface area contributed by atoms with E-state index >= 15 is 4.39 Å². The molecule has 1 fully saturated rings. The molecule has 2 heterocycles. The van der Waals surface area contributed by atoms with E-state index in [9.17, 15) is 8.42 Å². The van der Waals surface area contributed by atoms with Crippen LogP contribution in [0.4, 0.5) is 4.39 Å². The van der Waals surface area contributed by atoms with Crippen LogP contribution in [0, 0.1) is 5.82 Å². The van der Waals surface area contributed by atoms with E-state index in [1.165, 1.54) is 6.07 Å². The van der Waals surface area contributed by atoms with Crippen molar-refractivity contribution in [2.75, 3.05) is 7.11 Å².